The maximum atomic E-state index is 12.4. The number of hydrogen-bond donors (Lipinski definition) is 2. The smallest absolute Gasteiger partial charge is 0.270 e. The van der Waals surface area contributed by atoms with E-state index in [1.807, 2.05) is 31.2 Å². The zero-order valence-corrected chi connectivity index (χ0v) is 14.3. The number of nitrogens with zero attached hydrogens (tertiary/aromatic N) is 2. The first-order valence-electron chi connectivity index (χ1n) is 8.46. The summed E-state index contributed by atoms with van der Waals surface area (Å²) in [7, 11) is 0. The van der Waals surface area contributed by atoms with Crippen molar-refractivity contribution in [1.82, 2.24) is 10.3 Å². The first-order chi connectivity index (χ1) is 12.2. The summed E-state index contributed by atoms with van der Waals surface area (Å²) < 4.78 is 0. The zero-order chi connectivity index (χ0) is 17.6. The number of aromatic nitrogens is 1. The Morgan fingerprint density at radius 2 is 2.08 bits per heavy atom. The van der Waals surface area contributed by atoms with Gasteiger partial charge in [-0.2, -0.15) is 0 Å². The van der Waals surface area contributed by atoms with Crippen molar-refractivity contribution in [3.63, 3.8) is 0 Å². The molecule has 1 saturated carbocycles. The number of amides is 1. The van der Waals surface area contributed by atoms with E-state index in [0.29, 0.717) is 5.69 Å². The van der Waals surface area contributed by atoms with Crippen molar-refractivity contribution in [2.75, 3.05) is 0 Å². The average Bonchev–Trinajstić information content (AvgIpc) is 2.64. The zero-order valence-electron chi connectivity index (χ0n) is 14.3. The van der Waals surface area contributed by atoms with Crippen LogP contribution in [0.2, 0.25) is 0 Å². The van der Waals surface area contributed by atoms with Crippen LogP contribution in [-0.4, -0.2) is 22.6 Å². The van der Waals surface area contributed by atoms with E-state index in [1.165, 1.54) is 0 Å². The molecule has 0 spiro atoms. The van der Waals surface area contributed by atoms with Gasteiger partial charge in [-0.3, -0.25) is 14.8 Å². The van der Waals surface area contributed by atoms with Crippen molar-refractivity contribution in [2.24, 2.45) is 10.7 Å². The average molecular weight is 334 g/mol. The van der Waals surface area contributed by atoms with E-state index in [4.69, 9.17) is 10.7 Å². The minimum absolute atomic E-state index is 0.143. The monoisotopic (exact) mass is 334 g/mol. The molecule has 0 aliphatic heterocycles. The Morgan fingerprint density at radius 1 is 1.28 bits per heavy atom. The first kappa shape index (κ1) is 16.9. The van der Waals surface area contributed by atoms with Gasteiger partial charge in [0, 0.05) is 23.7 Å². The number of aliphatic imine (C=N–C) groups is 1. The molecule has 3 rings (SSSR count). The maximum Gasteiger partial charge on any atom is 0.270 e. The topological polar surface area (TPSA) is 80.4 Å². The highest BCUT2D eigenvalue weighted by molar-refractivity contribution is 6.04. The molecule has 1 aliphatic rings. The Balaban J connectivity index is 1.82. The Morgan fingerprint density at radius 3 is 2.80 bits per heavy atom. The largest absolute Gasteiger partial charge is 0.404 e. The van der Waals surface area contributed by atoms with Gasteiger partial charge in [0.05, 0.1) is 11.7 Å². The number of nitrogens with two attached hydrogens (primary N) is 1. The third-order valence-electron chi connectivity index (χ3n) is 4.37. The highest BCUT2D eigenvalue weighted by Crippen LogP contribution is 2.26. The summed E-state index contributed by atoms with van der Waals surface area (Å²) in [6, 6.07) is 13.1. The number of carbonyl (C=O) groups is 1. The Bertz CT molecular complexity index is 811. The van der Waals surface area contributed by atoms with Crippen LogP contribution < -0.4 is 11.1 Å². The summed E-state index contributed by atoms with van der Waals surface area (Å²) in [5.74, 6) is -0.193. The van der Waals surface area contributed by atoms with Crippen molar-refractivity contribution in [1.29, 1.82) is 0 Å². The van der Waals surface area contributed by atoms with Gasteiger partial charge < -0.3 is 11.1 Å². The van der Waals surface area contributed by atoms with Crippen LogP contribution in [0.5, 0.6) is 0 Å². The quantitative estimate of drug-likeness (QED) is 0.904. The van der Waals surface area contributed by atoms with Crippen molar-refractivity contribution < 1.29 is 4.79 Å². The predicted molar refractivity (Wildman–Crippen MR) is 99.9 cm³/mol. The molecular formula is C20H22N4O. The van der Waals surface area contributed by atoms with Gasteiger partial charge in [0.25, 0.3) is 5.91 Å². The molecule has 3 N–H and O–H groups in total. The maximum absolute atomic E-state index is 12.4. The molecule has 1 heterocycles. The lowest BCUT2D eigenvalue weighted by atomic mass is 9.88. The summed E-state index contributed by atoms with van der Waals surface area (Å²) in [6.45, 7) is 2.04. The number of nitrogens with one attached hydrogen (secondary N) is 1. The SMILES string of the molecule is Cc1ccccc1N=C1CCCC(NC(=O)c2ccccn2)C1=CN. The van der Waals surface area contributed by atoms with E-state index in [0.717, 1.165) is 41.8 Å². The highest BCUT2D eigenvalue weighted by Gasteiger charge is 2.26. The van der Waals surface area contributed by atoms with E-state index in [1.54, 1.807) is 30.6 Å². The standard InChI is InChI=1S/C20H22N4O/c1-14-7-2-3-8-16(14)23-17-10-6-11-18(15(17)13-21)24-20(25)19-9-4-5-12-22-19/h2-5,7-9,12-13,18H,6,10-11,21H2,1H3,(H,24,25). The van der Waals surface area contributed by atoms with Gasteiger partial charge in [-0.15, -0.1) is 0 Å². The number of pyridine rings is 1. The van der Waals surface area contributed by atoms with Gasteiger partial charge in [-0.25, -0.2) is 0 Å². The fourth-order valence-corrected chi connectivity index (χ4v) is 3.02. The molecule has 0 radical (unpaired) electrons. The molecule has 2 aromatic rings. The van der Waals surface area contributed by atoms with E-state index in [9.17, 15) is 4.79 Å². The molecule has 1 aromatic heterocycles. The van der Waals surface area contributed by atoms with Crippen molar-refractivity contribution >= 4 is 17.3 Å². The minimum Gasteiger partial charge on any atom is -0.404 e. The lowest BCUT2D eigenvalue weighted by molar-refractivity contribution is 0.0936. The third-order valence-corrected chi connectivity index (χ3v) is 4.37. The molecule has 128 valence electrons. The van der Waals surface area contributed by atoms with Crippen LogP contribution >= 0.6 is 0 Å². The fourth-order valence-electron chi connectivity index (χ4n) is 3.02. The number of carbonyl (C=O) groups excluding carboxylic acids is 1. The van der Waals surface area contributed by atoms with Crippen molar-refractivity contribution in [2.45, 2.75) is 32.2 Å². The lowest BCUT2D eigenvalue weighted by Crippen LogP contribution is -2.41. The molecule has 0 saturated heterocycles. The molecule has 0 bridgehead atoms. The second-order valence-corrected chi connectivity index (χ2v) is 6.10. The number of aryl methyl sites for hydroxylation is 1. The van der Waals surface area contributed by atoms with Crippen LogP contribution in [0, 0.1) is 6.92 Å². The van der Waals surface area contributed by atoms with E-state index < -0.39 is 0 Å². The lowest BCUT2D eigenvalue weighted by Gasteiger charge is -2.27. The molecule has 5 heteroatoms. The number of hydrogen-bond acceptors (Lipinski definition) is 4. The summed E-state index contributed by atoms with van der Waals surface area (Å²) in [6.07, 6.45) is 5.83. The molecule has 25 heavy (non-hydrogen) atoms. The number of benzene rings is 1. The summed E-state index contributed by atoms with van der Waals surface area (Å²) in [5, 5.41) is 3.04. The van der Waals surface area contributed by atoms with Crippen LogP contribution in [0.1, 0.15) is 35.3 Å². The molecule has 1 aromatic carbocycles. The van der Waals surface area contributed by atoms with Crippen molar-refractivity contribution in [3.8, 4) is 0 Å². The van der Waals surface area contributed by atoms with Gasteiger partial charge in [-0.05, 0) is 49.9 Å². The number of para-hydroxylation sites is 1. The van der Waals surface area contributed by atoms with E-state index in [-0.39, 0.29) is 11.9 Å². The number of rotatable bonds is 3. The fraction of sp³-hybridized carbons (Fsp3) is 0.250. The van der Waals surface area contributed by atoms with Gasteiger partial charge in [0.15, 0.2) is 0 Å². The third kappa shape index (κ3) is 3.94. The Labute approximate surface area is 147 Å². The van der Waals surface area contributed by atoms with Gasteiger partial charge >= 0.3 is 0 Å². The minimum atomic E-state index is -0.193. The second kappa shape index (κ2) is 7.75. The van der Waals surface area contributed by atoms with E-state index >= 15 is 0 Å². The van der Waals surface area contributed by atoms with Gasteiger partial charge in [-0.1, -0.05) is 24.3 Å². The highest BCUT2D eigenvalue weighted by atomic mass is 16.1. The van der Waals surface area contributed by atoms with Crippen LogP contribution in [0.25, 0.3) is 0 Å². The molecule has 1 atom stereocenters. The van der Waals surface area contributed by atoms with Crippen molar-refractivity contribution in [3.05, 3.63) is 71.7 Å². The first-order valence-corrected chi connectivity index (χ1v) is 8.46. The Kier molecular flexibility index (Phi) is 5.23. The molecule has 1 aliphatic carbocycles. The van der Waals surface area contributed by atoms with Gasteiger partial charge in [0.1, 0.15) is 5.69 Å². The predicted octanol–water partition coefficient (Wildman–Crippen LogP) is 3.29. The molecule has 1 amide bonds. The second-order valence-electron chi connectivity index (χ2n) is 6.10. The van der Waals surface area contributed by atoms with Crippen LogP contribution in [-0.2, 0) is 0 Å². The normalized spacial score (nSPS) is 20.6. The summed E-state index contributed by atoms with van der Waals surface area (Å²) in [5.41, 5.74) is 10.2. The summed E-state index contributed by atoms with van der Waals surface area (Å²) in [4.78, 5) is 21.3. The summed E-state index contributed by atoms with van der Waals surface area (Å²) >= 11 is 0. The molecule has 1 fully saturated rings. The molecule has 1 unspecified atom stereocenters. The molecular weight excluding hydrogens is 312 g/mol. The molecule has 5 nitrogen and oxygen atoms in total. The van der Waals surface area contributed by atoms with Crippen LogP contribution in [0.15, 0.2) is 65.4 Å². The van der Waals surface area contributed by atoms with Gasteiger partial charge in [0.2, 0.25) is 0 Å². The van der Waals surface area contributed by atoms with Crippen LogP contribution in [0.3, 0.4) is 0 Å². The van der Waals surface area contributed by atoms with Crippen LogP contribution in [0.4, 0.5) is 5.69 Å². The Hall–Kier alpha value is -2.95. The van der Waals surface area contributed by atoms with E-state index in [2.05, 4.69) is 10.3 Å².